The van der Waals surface area contributed by atoms with E-state index in [0.717, 1.165) is 28.6 Å². The van der Waals surface area contributed by atoms with Crippen molar-refractivity contribution in [2.75, 3.05) is 44.4 Å². The number of carboxylic acid groups (broad SMARTS) is 1. The fraction of sp³-hybridized carbons (Fsp3) is 0.552. The largest absolute Gasteiger partial charge is 0.479 e. The topological polar surface area (TPSA) is 119 Å². The van der Waals surface area contributed by atoms with E-state index in [4.69, 9.17) is 29.4 Å². The van der Waals surface area contributed by atoms with Crippen molar-refractivity contribution in [2.24, 2.45) is 0 Å². The quantitative estimate of drug-likeness (QED) is 0.292. The molecule has 11 heteroatoms. The Kier molecular flexibility index (Phi) is 9.51. The molecule has 0 saturated carbocycles. The molecule has 10 nitrogen and oxygen atoms in total. The van der Waals surface area contributed by atoms with E-state index in [9.17, 15) is 9.90 Å². The normalized spacial score (nSPS) is 16.4. The monoisotopic (exact) mass is 618 g/mol. The first-order chi connectivity index (χ1) is 18.9. The molecule has 1 aliphatic rings. The Balaban J connectivity index is 1.75. The Morgan fingerprint density at radius 1 is 1.18 bits per heavy atom. The van der Waals surface area contributed by atoms with E-state index in [1.165, 1.54) is 0 Å². The van der Waals surface area contributed by atoms with Gasteiger partial charge in [-0.25, -0.2) is 9.78 Å². The number of piperidine rings is 1. The summed E-state index contributed by atoms with van der Waals surface area (Å²) in [4.78, 5) is 19.6. The summed E-state index contributed by atoms with van der Waals surface area (Å²) in [6, 6.07) is 9.80. The predicted molar refractivity (Wildman–Crippen MR) is 156 cm³/mol. The zero-order valence-electron chi connectivity index (χ0n) is 23.8. The van der Waals surface area contributed by atoms with E-state index in [-0.39, 0.29) is 12.2 Å². The molecule has 3 aromatic rings. The molecule has 0 bridgehead atoms. The zero-order chi connectivity index (χ0) is 29.1. The van der Waals surface area contributed by atoms with Crippen molar-refractivity contribution >= 4 is 33.4 Å². The van der Waals surface area contributed by atoms with Gasteiger partial charge in [0, 0.05) is 34.9 Å². The lowest BCUT2D eigenvalue weighted by atomic mass is 9.92. The molecule has 0 spiro atoms. The lowest BCUT2D eigenvalue weighted by Crippen LogP contribution is -2.46. The van der Waals surface area contributed by atoms with E-state index < -0.39 is 17.7 Å². The van der Waals surface area contributed by atoms with Crippen molar-refractivity contribution < 1.29 is 29.2 Å². The number of carbonyl (C=O) groups is 1. The second-order valence-electron chi connectivity index (χ2n) is 11.3. The Morgan fingerprint density at radius 3 is 2.52 bits per heavy atom. The number of benzene rings is 1. The van der Waals surface area contributed by atoms with Crippen LogP contribution in [0, 0.1) is 6.92 Å². The van der Waals surface area contributed by atoms with Crippen molar-refractivity contribution in [3.8, 4) is 11.3 Å². The highest BCUT2D eigenvalue weighted by molar-refractivity contribution is 9.10. The van der Waals surface area contributed by atoms with Gasteiger partial charge in [-0.05, 0) is 59.6 Å². The molecule has 2 aromatic heterocycles. The number of aryl methyl sites for hydroxylation is 1. The van der Waals surface area contributed by atoms with Crippen LogP contribution in [0.1, 0.15) is 57.9 Å². The molecular formula is C29H39BrN4O6. The summed E-state index contributed by atoms with van der Waals surface area (Å²) in [5, 5.41) is 24.1. The first-order valence-corrected chi connectivity index (χ1v) is 14.3. The molecule has 1 atom stereocenters. The van der Waals surface area contributed by atoms with Gasteiger partial charge in [-0.2, -0.15) is 9.61 Å². The number of nitrogens with zero attached hydrogens (tertiary/aromatic N) is 4. The highest BCUT2D eigenvalue weighted by Gasteiger charge is 2.37. The number of aromatic nitrogens is 3. The minimum absolute atomic E-state index is 0.0126. The minimum Gasteiger partial charge on any atom is -0.479 e. The van der Waals surface area contributed by atoms with Gasteiger partial charge in [-0.3, -0.25) is 0 Å². The third kappa shape index (κ3) is 7.19. The van der Waals surface area contributed by atoms with Crippen LogP contribution in [0.3, 0.4) is 0 Å². The Labute approximate surface area is 243 Å². The van der Waals surface area contributed by atoms with Crippen molar-refractivity contribution in [1.82, 2.24) is 14.6 Å². The van der Waals surface area contributed by atoms with Crippen LogP contribution in [0.4, 0.5) is 5.82 Å². The van der Waals surface area contributed by atoms with Crippen molar-refractivity contribution in [1.29, 1.82) is 0 Å². The third-order valence-corrected chi connectivity index (χ3v) is 7.41. The third-order valence-electron chi connectivity index (χ3n) is 6.92. The Hall–Kier alpha value is -2.57. The van der Waals surface area contributed by atoms with Gasteiger partial charge in [0.25, 0.3) is 0 Å². The van der Waals surface area contributed by atoms with Gasteiger partial charge in [-0.15, -0.1) is 0 Å². The molecule has 1 aromatic carbocycles. The lowest BCUT2D eigenvalue weighted by molar-refractivity contribution is -0.160. The molecule has 0 aliphatic carbocycles. The van der Waals surface area contributed by atoms with Crippen LogP contribution in [0.25, 0.3) is 16.9 Å². The summed E-state index contributed by atoms with van der Waals surface area (Å²) in [7, 11) is 0. The number of halogens is 1. The number of aliphatic hydroxyl groups is 1. The maximum Gasteiger partial charge on any atom is 0.337 e. The van der Waals surface area contributed by atoms with Gasteiger partial charge in [0.2, 0.25) is 0 Å². The van der Waals surface area contributed by atoms with Gasteiger partial charge in [0.05, 0.1) is 48.9 Å². The van der Waals surface area contributed by atoms with Crippen LogP contribution < -0.4 is 4.90 Å². The molecule has 0 radical (unpaired) electrons. The number of aliphatic hydroxyl groups excluding tert-OH is 1. The second kappa shape index (κ2) is 12.5. The van der Waals surface area contributed by atoms with Crippen LogP contribution in [0.2, 0.25) is 0 Å². The molecule has 1 fully saturated rings. The highest BCUT2D eigenvalue weighted by Crippen LogP contribution is 2.38. The summed E-state index contributed by atoms with van der Waals surface area (Å²) < 4.78 is 20.3. The number of ether oxygens (including phenoxy) is 3. The maximum absolute atomic E-state index is 12.6. The summed E-state index contributed by atoms with van der Waals surface area (Å²) in [6.07, 6.45) is 0.235. The highest BCUT2D eigenvalue weighted by atomic mass is 79.9. The average molecular weight is 620 g/mol. The van der Waals surface area contributed by atoms with E-state index in [0.29, 0.717) is 55.6 Å². The predicted octanol–water partition coefficient (Wildman–Crippen LogP) is 4.79. The van der Waals surface area contributed by atoms with Gasteiger partial charge < -0.3 is 29.3 Å². The smallest absolute Gasteiger partial charge is 0.337 e. The molecule has 2 N–H and O–H groups in total. The number of hydrogen-bond acceptors (Lipinski definition) is 8. The van der Waals surface area contributed by atoms with Gasteiger partial charge >= 0.3 is 5.97 Å². The molecule has 218 valence electrons. The zero-order valence-corrected chi connectivity index (χ0v) is 25.4. The number of rotatable bonds is 11. The molecule has 4 rings (SSSR count). The van der Waals surface area contributed by atoms with Gasteiger partial charge in [-0.1, -0.05) is 28.1 Å². The van der Waals surface area contributed by atoms with Crippen molar-refractivity contribution in [3.05, 3.63) is 46.1 Å². The fourth-order valence-corrected chi connectivity index (χ4v) is 5.35. The fourth-order valence-electron chi connectivity index (χ4n) is 4.95. The van der Waals surface area contributed by atoms with Crippen LogP contribution in [0.15, 0.2) is 34.8 Å². The van der Waals surface area contributed by atoms with Crippen LogP contribution >= 0.6 is 15.9 Å². The number of anilines is 1. The van der Waals surface area contributed by atoms with Crippen molar-refractivity contribution in [3.63, 3.8) is 0 Å². The first-order valence-electron chi connectivity index (χ1n) is 13.6. The summed E-state index contributed by atoms with van der Waals surface area (Å²) in [5.41, 5.74) is 2.35. The van der Waals surface area contributed by atoms with Crippen LogP contribution in [-0.2, 0) is 19.0 Å². The van der Waals surface area contributed by atoms with E-state index in [1.54, 1.807) is 4.52 Å². The van der Waals surface area contributed by atoms with Gasteiger partial charge in [0.15, 0.2) is 11.8 Å². The van der Waals surface area contributed by atoms with E-state index in [1.807, 2.05) is 58.0 Å². The second-order valence-corrected chi connectivity index (χ2v) is 12.2. The molecule has 0 amide bonds. The van der Waals surface area contributed by atoms with E-state index in [2.05, 4.69) is 27.8 Å². The Bertz CT molecular complexity index is 1330. The number of fused-ring (bicyclic) bond motifs is 1. The molecular weight excluding hydrogens is 580 g/mol. The van der Waals surface area contributed by atoms with Crippen molar-refractivity contribution in [2.45, 2.75) is 64.8 Å². The molecule has 1 aliphatic heterocycles. The number of aliphatic carboxylic acids is 1. The Morgan fingerprint density at radius 2 is 1.90 bits per heavy atom. The molecule has 40 heavy (non-hydrogen) atoms. The average Bonchev–Trinajstić information content (AvgIpc) is 3.30. The standard InChI is InChI=1S/C29H39BrN4O6/c1-19-24(25(27(36)37)40-28(2,3)4)26(33-11-9-29(5,10-12-33)39-16-15-38-14-13-35)34-23(31-19)18-22(32-34)20-7-6-8-21(30)17-20/h6-8,17-18,25,35H,9-16H2,1-5H3,(H,36,37). The number of hydrogen-bond donors (Lipinski definition) is 2. The molecule has 3 heterocycles. The molecule has 1 unspecified atom stereocenters. The SMILES string of the molecule is Cc1nc2cc(-c3cccc(Br)c3)nn2c(N2CCC(C)(OCCOCCO)CC2)c1C(OC(C)(C)C)C(=O)O. The summed E-state index contributed by atoms with van der Waals surface area (Å²) in [5.74, 6) is -0.401. The molecule has 1 saturated heterocycles. The summed E-state index contributed by atoms with van der Waals surface area (Å²) in [6.45, 7) is 11.9. The number of carboxylic acids is 1. The first kappa shape index (κ1) is 30.4. The van der Waals surface area contributed by atoms with Crippen LogP contribution in [0.5, 0.6) is 0 Å². The van der Waals surface area contributed by atoms with E-state index >= 15 is 0 Å². The van der Waals surface area contributed by atoms with Crippen LogP contribution in [-0.4, -0.2) is 81.5 Å². The lowest BCUT2D eigenvalue weighted by Gasteiger charge is -2.41. The maximum atomic E-state index is 12.6. The summed E-state index contributed by atoms with van der Waals surface area (Å²) >= 11 is 3.54. The van der Waals surface area contributed by atoms with Gasteiger partial charge in [0.1, 0.15) is 5.82 Å². The minimum atomic E-state index is -1.22.